The van der Waals surface area contributed by atoms with Gasteiger partial charge in [-0.3, -0.25) is 4.57 Å². The molecule has 2 heterocycles. The topological polar surface area (TPSA) is 99.1 Å². The SMILES string of the molecule is Nc1nc(I)nc2c1ncn2COCCO. The number of rotatable bonds is 4. The van der Waals surface area contributed by atoms with Gasteiger partial charge in [0, 0.05) is 22.6 Å². The molecule has 0 aromatic carbocycles. The van der Waals surface area contributed by atoms with Crippen LogP contribution >= 0.6 is 22.6 Å². The van der Waals surface area contributed by atoms with Crippen LogP contribution in [0.25, 0.3) is 11.2 Å². The normalized spacial score (nSPS) is 11.1. The van der Waals surface area contributed by atoms with Gasteiger partial charge in [0.2, 0.25) is 0 Å². The molecule has 0 aliphatic carbocycles. The lowest BCUT2D eigenvalue weighted by Crippen LogP contribution is -2.06. The summed E-state index contributed by atoms with van der Waals surface area (Å²) in [6.45, 7) is 0.544. The Morgan fingerprint density at radius 3 is 3.06 bits per heavy atom. The van der Waals surface area contributed by atoms with Gasteiger partial charge in [-0.1, -0.05) is 0 Å². The van der Waals surface area contributed by atoms with Crippen LogP contribution in [0.1, 0.15) is 0 Å². The summed E-state index contributed by atoms with van der Waals surface area (Å²) in [5.74, 6) is 0.357. The molecule has 86 valence electrons. The van der Waals surface area contributed by atoms with Crippen molar-refractivity contribution in [3.63, 3.8) is 0 Å². The first-order valence-electron chi connectivity index (χ1n) is 4.55. The lowest BCUT2D eigenvalue weighted by atomic mass is 10.5. The second-order valence-corrected chi connectivity index (χ2v) is 3.99. The molecule has 8 heteroatoms. The summed E-state index contributed by atoms with van der Waals surface area (Å²) in [7, 11) is 0. The Labute approximate surface area is 105 Å². The molecule has 7 nitrogen and oxygen atoms in total. The molecule has 0 amide bonds. The highest BCUT2D eigenvalue weighted by Gasteiger charge is 2.09. The maximum Gasteiger partial charge on any atom is 0.194 e. The van der Waals surface area contributed by atoms with E-state index in [0.717, 1.165) is 0 Å². The number of anilines is 1. The van der Waals surface area contributed by atoms with Crippen LogP contribution in [-0.4, -0.2) is 37.8 Å². The number of aromatic nitrogens is 4. The molecule has 0 radical (unpaired) electrons. The van der Waals surface area contributed by atoms with E-state index in [1.54, 1.807) is 10.9 Å². The third kappa shape index (κ3) is 2.23. The van der Waals surface area contributed by atoms with E-state index in [-0.39, 0.29) is 19.9 Å². The number of hydrogen-bond acceptors (Lipinski definition) is 6. The molecule has 0 saturated carbocycles. The van der Waals surface area contributed by atoms with Crippen molar-refractivity contribution in [1.29, 1.82) is 0 Å². The maximum absolute atomic E-state index is 8.60. The zero-order chi connectivity index (χ0) is 11.5. The van der Waals surface area contributed by atoms with Crippen molar-refractivity contribution >= 4 is 39.6 Å². The molecule has 0 aliphatic heterocycles. The lowest BCUT2D eigenvalue weighted by Gasteiger charge is -2.04. The Bertz CT molecular complexity index is 500. The fraction of sp³-hybridized carbons (Fsp3) is 0.375. The van der Waals surface area contributed by atoms with Gasteiger partial charge >= 0.3 is 0 Å². The van der Waals surface area contributed by atoms with Crippen molar-refractivity contribution < 1.29 is 9.84 Å². The van der Waals surface area contributed by atoms with Crippen molar-refractivity contribution in [1.82, 2.24) is 19.5 Å². The van der Waals surface area contributed by atoms with Crippen LogP contribution in [0, 0.1) is 3.83 Å². The molecule has 16 heavy (non-hydrogen) atoms. The quantitative estimate of drug-likeness (QED) is 0.463. The van der Waals surface area contributed by atoms with E-state index in [1.807, 2.05) is 22.6 Å². The summed E-state index contributed by atoms with van der Waals surface area (Å²) in [5, 5.41) is 8.60. The Hall–Kier alpha value is -1.00. The third-order valence-corrected chi connectivity index (χ3v) is 2.41. The number of nitrogens with zero attached hydrogens (tertiary/aromatic N) is 4. The van der Waals surface area contributed by atoms with E-state index in [2.05, 4.69) is 15.0 Å². The van der Waals surface area contributed by atoms with Crippen LogP contribution in [0.15, 0.2) is 6.33 Å². The first-order valence-corrected chi connectivity index (χ1v) is 5.62. The van der Waals surface area contributed by atoms with E-state index in [9.17, 15) is 0 Å². The summed E-state index contributed by atoms with van der Waals surface area (Å²) >= 11 is 1.99. The van der Waals surface area contributed by atoms with Crippen molar-refractivity contribution in [3.8, 4) is 0 Å². The van der Waals surface area contributed by atoms with Gasteiger partial charge in [0.05, 0.1) is 19.5 Å². The number of fused-ring (bicyclic) bond motifs is 1. The van der Waals surface area contributed by atoms with Crippen molar-refractivity contribution in [2.75, 3.05) is 18.9 Å². The van der Waals surface area contributed by atoms with Crippen molar-refractivity contribution in [2.45, 2.75) is 6.73 Å². The summed E-state index contributed by atoms with van der Waals surface area (Å²) in [6.07, 6.45) is 1.59. The molecule has 3 N–H and O–H groups in total. The van der Waals surface area contributed by atoms with Crippen LogP contribution in [-0.2, 0) is 11.5 Å². The maximum atomic E-state index is 8.60. The zero-order valence-corrected chi connectivity index (χ0v) is 10.5. The molecule has 0 unspecified atom stereocenters. The molecule has 0 fully saturated rings. The zero-order valence-electron chi connectivity index (χ0n) is 8.30. The summed E-state index contributed by atoms with van der Waals surface area (Å²) in [6, 6.07) is 0. The lowest BCUT2D eigenvalue weighted by molar-refractivity contribution is 0.0499. The first-order chi connectivity index (χ1) is 7.72. The molecule has 0 bridgehead atoms. The molecule has 0 aliphatic rings. The van der Waals surface area contributed by atoms with Gasteiger partial charge in [0.1, 0.15) is 12.2 Å². The largest absolute Gasteiger partial charge is 0.394 e. The average molecular weight is 335 g/mol. The number of halogens is 1. The number of aliphatic hydroxyl groups excluding tert-OH is 1. The van der Waals surface area contributed by atoms with Gasteiger partial charge in [-0.25, -0.2) is 15.0 Å². The number of aliphatic hydroxyl groups is 1. The van der Waals surface area contributed by atoms with E-state index >= 15 is 0 Å². The molecule has 0 atom stereocenters. The predicted octanol–water partition coefficient (Wildman–Crippen LogP) is -0.0205. The van der Waals surface area contributed by atoms with E-state index in [1.165, 1.54) is 0 Å². The highest BCUT2D eigenvalue weighted by atomic mass is 127. The van der Waals surface area contributed by atoms with Crippen LogP contribution in [0.5, 0.6) is 0 Å². The Balaban J connectivity index is 2.32. The van der Waals surface area contributed by atoms with Gasteiger partial charge in [-0.2, -0.15) is 0 Å². The van der Waals surface area contributed by atoms with Gasteiger partial charge in [-0.05, 0) is 0 Å². The highest BCUT2D eigenvalue weighted by Crippen LogP contribution is 2.16. The standard InChI is InChI=1S/C8H10IN5O2/c9-8-12-6(10)5-7(13-8)14(3-11-5)4-16-2-1-15/h3,15H,1-2,4H2,(H2,10,12,13). The van der Waals surface area contributed by atoms with Crippen LogP contribution < -0.4 is 5.73 Å². The van der Waals surface area contributed by atoms with E-state index in [0.29, 0.717) is 20.8 Å². The summed E-state index contributed by atoms with van der Waals surface area (Å²) in [5.41, 5.74) is 6.91. The Morgan fingerprint density at radius 2 is 2.31 bits per heavy atom. The molecule has 2 rings (SSSR count). The number of nitrogen functional groups attached to an aromatic ring is 1. The molecule has 2 aromatic rings. The first kappa shape index (κ1) is 11.5. The average Bonchev–Trinajstić information content (AvgIpc) is 2.62. The van der Waals surface area contributed by atoms with Crippen LogP contribution in [0.3, 0.4) is 0 Å². The molecule has 0 saturated heterocycles. The molecule has 0 spiro atoms. The highest BCUT2D eigenvalue weighted by molar-refractivity contribution is 14.1. The second-order valence-electron chi connectivity index (χ2n) is 3.03. The molecular formula is C8H10IN5O2. The number of nitrogens with two attached hydrogens (primary N) is 1. The third-order valence-electron chi connectivity index (χ3n) is 1.93. The summed E-state index contributed by atoms with van der Waals surface area (Å²) in [4.78, 5) is 12.3. The fourth-order valence-corrected chi connectivity index (χ4v) is 1.75. The van der Waals surface area contributed by atoms with Gasteiger partial charge in [0.15, 0.2) is 15.3 Å². The monoisotopic (exact) mass is 335 g/mol. The molecular weight excluding hydrogens is 325 g/mol. The smallest absolute Gasteiger partial charge is 0.194 e. The van der Waals surface area contributed by atoms with Gasteiger partial charge in [-0.15, -0.1) is 0 Å². The van der Waals surface area contributed by atoms with Crippen molar-refractivity contribution in [3.05, 3.63) is 10.2 Å². The molecule has 2 aromatic heterocycles. The van der Waals surface area contributed by atoms with Gasteiger partial charge < -0.3 is 15.6 Å². The van der Waals surface area contributed by atoms with E-state index < -0.39 is 0 Å². The van der Waals surface area contributed by atoms with Crippen molar-refractivity contribution in [2.24, 2.45) is 0 Å². The Kier molecular flexibility index (Phi) is 3.51. The summed E-state index contributed by atoms with van der Waals surface area (Å²) < 4.78 is 7.46. The number of ether oxygens (including phenoxy) is 1. The Morgan fingerprint density at radius 1 is 1.50 bits per heavy atom. The number of hydrogen-bond donors (Lipinski definition) is 2. The minimum Gasteiger partial charge on any atom is -0.394 e. The van der Waals surface area contributed by atoms with Crippen LogP contribution in [0.4, 0.5) is 5.82 Å². The minimum absolute atomic E-state index is 0.0126. The number of imidazole rings is 1. The second kappa shape index (κ2) is 4.89. The predicted molar refractivity (Wildman–Crippen MR) is 65.5 cm³/mol. The van der Waals surface area contributed by atoms with Crippen LogP contribution in [0.2, 0.25) is 0 Å². The fourth-order valence-electron chi connectivity index (χ4n) is 1.26. The van der Waals surface area contributed by atoms with E-state index in [4.69, 9.17) is 15.6 Å². The van der Waals surface area contributed by atoms with Gasteiger partial charge in [0.25, 0.3) is 0 Å². The minimum atomic E-state index is -0.0126.